The number of carbonyl (C=O) groups is 1. The van der Waals surface area contributed by atoms with Crippen LogP contribution in [-0.4, -0.2) is 17.6 Å². The van der Waals surface area contributed by atoms with Gasteiger partial charge in [0.25, 0.3) is 5.91 Å². The third-order valence-electron chi connectivity index (χ3n) is 1.57. The number of aliphatic hydroxyl groups excluding tert-OH is 1. The summed E-state index contributed by atoms with van der Waals surface area (Å²) in [5, 5.41) is 8.48. The van der Waals surface area contributed by atoms with E-state index >= 15 is 0 Å². The van der Waals surface area contributed by atoms with E-state index in [2.05, 4.69) is 11.8 Å². The monoisotopic (exact) mass is 190 g/mol. The fourth-order valence-corrected chi connectivity index (χ4v) is 0.963. The lowest BCUT2D eigenvalue weighted by atomic mass is 10.1. The van der Waals surface area contributed by atoms with Crippen LogP contribution in [0.3, 0.4) is 0 Å². The summed E-state index contributed by atoms with van der Waals surface area (Å²) < 4.78 is 0. The molecule has 0 aromatic heterocycles. The van der Waals surface area contributed by atoms with Gasteiger partial charge in [0, 0.05) is 11.1 Å². The number of nitrogens with two attached hydrogens (primary N) is 1. The zero-order valence-electron chi connectivity index (χ0n) is 7.45. The Bertz CT molecular complexity index is 391. The maximum atomic E-state index is 11.1. The van der Waals surface area contributed by atoms with Gasteiger partial charge in [-0.2, -0.15) is 0 Å². The summed E-state index contributed by atoms with van der Waals surface area (Å²) in [7, 11) is 0. The number of benzene rings is 1. The van der Waals surface area contributed by atoms with E-state index < -0.39 is 0 Å². The first kappa shape index (κ1) is 10.3. The van der Waals surface area contributed by atoms with Crippen molar-refractivity contribution in [1.29, 1.82) is 0 Å². The number of rotatable bonds is 1. The van der Waals surface area contributed by atoms with E-state index in [1.165, 1.54) is 0 Å². The van der Waals surface area contributed by atoms with Crippen molar-refractivity contribution in [2.45, 2.75) is 0 Å². The molecule has 0 fully saturated rings. The minimum atomic E-state index is -0.363. The molecule has 1 rings (SSSR count). The molecular weight excluding hydrogens is 180 g/mol. The first-order chi connectivity index (χ1) is 6.77. The van der Waals surface area contributed by atoms with Gasteiger partial charge in [-0.05, 0) is 18.2 Å². The molecule has 4 N–H and O–H groups in total. The molecule has 0 saturated heterocycles. The lowest BCUT2D eigenvalue weighted by Gasteiger charge is -1.98. The molecule has 4 nitrogen and oxygen atoms in total. The fourth-order valence-electron chi connectivity index (χ4n) is 0.963. The van der Waals surface area contributed by atoms with Crippen LogP contribution in [0.2, 0.25) is 0 Å². The van der Waals surface area contributed by atoms with Gasteiger partial charge in [-0.1, -0.05) is 17.9 Å². The molecule has 14 heavy (non-hydrogen) atoms. The Labute approximate surface area is 81.7 Å². The number of hydrogen-bond acceptors (Lipinski definition) is 3. The number of aliphatic hydroxyl groups is 1. The number of hydrogen-bond donors (Lipinski definition) is 3. The second-order valence-corrected chi connectivity index (χ2v) is 2.51. The van der Waals surface area contributed by atoms with E-state index in [4.69, 9.17) is 10.9 Å². The van der Waals surface area contributed by atoms with Crippen molar-refractivity contribution in [1.82, 2.24) is 5.43 Å². The number of nitrogen functional groups attached to an aromatic ring is 1. The number of nitrogens with one attached hydrogen (secondary N) is 1. The first-order valence-electron chi connectivity index (χ1n) is 3.98. The Morgan fingerprint density at radius 3 is 3.00 bits per heavy atom. The lowest BCUT2D eigenvalue weighted by Crippen LogP contribution is -2.29. The minimum Gasteiger partial charge on any atom is -0.384 e. The summed E-state index contributed by atoms with van der Waals surface area (Å²) in [6.45, 7) is -0.201. The third kappa shape index (κ3) is 2.59. The van der Waals surface area contributed by atoms with Gasteiger partial charge in [0.15, 0.2) is 0 Å². The fraction of sp³-hybridized carbons (Fsp3) is 0.100. The van der Waals surface area contributed by atoms with Crippen LogP contribution in [0, 0.1) is 11.8 Å². The highest BCUT2D eigenvalue weighted by Gasteiger charge is 2.01. The van der Waals surface area contributed by atoms with Crippen molar-refractivity contribution >= 4 is 5.91 Å². The van der Waals surface area contributed by atoms with Crippen molar-refractivity contribution in [3.8, 4) is 11.8 Å². The highest BCUT2D eigenvalue weighted by Crippen LogP contribution is 2.03. The molecule has 0 heterocycles. The second kappa shape index (κ2) is 5.02. The smallest absolute Gasteiger partial charge is 0.265 e. The summed E-state index contributed by atoms with van der Waals surface area (Å²) in [4.78, 5) is 11.1. The molecule has 1 aromatic carbocycles. The van der Waals surface area contributed by atoms with Crippen LogP contribution >= 0.6 is 0 Å². The maximum absolute atomic E-state index is 11.1. The molecular formula is C10H10N2O2. The molecule has 1 aromatic rings. The number of hydrazine groups is 1. The molecule has 0 bridgehead atoms. The topological polar surface area (TPSA) is 75.3 Å². The molecule has 0 aliphatic carbocycles. The minimum absolute atomic E-state index is 0.201. The van der Waals surface area contributed by atoms with Gasteiger partial charge >= 0.3 is 0 Å². The predicted octanol–water partition coefficient (Wildman–Crippen LogP) is -0.366. The third-order valence-corrected chi connectivity index (χ3v) is 1.57. The van der Waals surface area contributed by atoms with Crippen molar-refractivity contribution in [2.75, 3.05) is 6.61 Å². The van der Waals surface area contributed by atoms with Gasteiger partial charge in [0.2, 0.25) is 0 Å². The van der Waals surface area contributed by atoms with Crippen LogP contribution in [0.1, 0.15) is 15.9 Å². The molecule has 4 heteroatoms. The number of carbonyl (C=O) groups excluding carboxylic acids is 1. The highest BCUT2D eigenvalue weighted by atomic mass is 16.2. The maximum Gasteiger partial charge on any atom is 0.265 e. The molecule has 1 amide bonds. The van der Waals surface area contributed by atoms with E-state index in [9.17, 15) is 4.79 Å². The Kier molecular flexibility index (Phi) is 3.68. The lowest BCUT2D eigenvalue weighted by molar-refractivity contribution is 0.0953. The van der Waals surface area contributed by atoms with Gasteiger partial charge in [-0.25, -0.2) is 5.84 Å². The van der Waals surface area contributed by atoms with Crippen LogP contribution in [-0.2, 0) is 0 Å². The van der Waals surface area contributed by atoms with Gasteiger partial charge in [-0.3, -0.25) is 10.2 Å². The molecule has 0 spiro atoms. The molecule has 0 radical (unpaired) electrons. The standard InChI is InChI=1S/C10H10N2O2/c11-12-10(14)9-5-1-3-8(7-9)4-2-6-13/h1,3,5,7,13H,6,11H2,(H,12,14). The van der Waals surface area contributed by atoms with Gasteiger partial charge in [0.1, 0.15) is 6.61 Å². The van der Waals surface area contributed by atoms with Gasteiger partial charge < -0.3 is 5.11 Å². The van der Waals surface area contributed by atoms with Gasteiger partial charge in [0.05, 0.1) is 0 Å². The average molecular weight is 190 g/mol. The van der Waals surface area contributed by atoms with Crippen LogP contribution in [0.4, 0.5) is 0 Å². The summed E-state index contributed by atoms with van der Waals surface area (Å²) in [5.74, 6) is 9.80. The first-order valence-corrected chi connectivity index (χ1v) is 3.98. The summed E-state index contributed by atoms with van der Waals surface area (Å²) in [6.07, 6.45) is 0. The van der Waals surface area contributed by atoms with E-state index in [-0.39, 0.29) is 12.5 Å². The van der Waals surface area contributed by atoms with Crippen LogP contribution < -0.4 is 11.3 Å². The zero-order chi connectivity index (χ0) is 10.4. The molecule has 0 aliphatic rings. The van der Waals surface area contributed by atoms with E-state index in [1.807, 2.05) is 5.43 Å². The highest BCUT2D eigenvalue weighted by molar-refractivity contribution is 5.94. The zero-order valence-corrected chi connectivity index (χ0v) is 7.45. The second-order valence-electron chi connectivity index (χ2n) is 2.51. The van der Waals surface area contributed by atoms with Gasteiger partial charge in [-0.15, -0.1) is 0 Å². The quantitative estimate of drug-likeness (QED) is 0.245. The average Bonchev–Trinajstić information content (AvgIpc) is 2.25. The van der Waals surface area contributed by atoms with Crippen molar-refractivity contribution in [3.05, 3.63) is 35.4 Å². The van der Waals surface area contributed by atoms with Crippen molar-refractivity contribution in [2.24, 2.45) is 5.84 Å². The number of amides is 1. The Morgan fingerprint density at radius 1 is 1.57 bits per heavy atom. The molecule has 0 atom stereocenters. The van der Waals surface area contributed by atoms with Crippen LogP contribution in [0.25, 0.3) is 0 Å². The largest absolute Gasteiger partial charge is 0.384 e. The molecule has 0 unspecified atom stereocenters. The normalized spacial score (nSPS) is 8.71. The SMILES string of the molecule is NNC(=O)c1cccc(C#CCO)c1. The molecule has 72 valence electrons. The summed E-state index contributed by atoms with van der Waals surface area (Å²) in [5.41, 5.74) is 3.14. The summed E-state index contributed by atoms with van der Waals surface area (Å²) in [6, 6.07) is 6.68. The van der Waals surface area contributed by atoms with Crippen LogP contribution in [0.15, 0.2) is 24.3 Å². The Morgan fingerprint density at radius 2 is 2.36 bits per heavy atom. The summed E-state index contributed by atoms with van der Waals surface area (Å²) >= 11 is 0. The van der Waals surface area contributed by atoms with Crippen molar-refractivity contribution < 1.29 is 9.90 Å². The van der Waals surface area contributed by atoms with E-state index in [0.717, 1.165) is 0 Å². The molecule has 0 aliphatic heterocycles. The van der Waals surface area contributed by atoms with Crippen molar-refractivity contribution in [3.63, 3.8) is 0 Å². The Balaban J connectivity index is 2.95. The predicted molar refractivity (Wildman–Crippen MR) is 52.1 cm³/mol. The van der Waals surface area contributed by atoms with E-state index in [1.54, 1.807) is 24.3 Å². The molecule has 0 saturated carbocycles. The van der Waals surface area contributed by atoms with Crippen LogP contribution in [0.5, 0.6) is 0 Å². The Hall–Kier alpha value is -1.83. The van der Waals surface area contributed by atoms with E-state index in [0.29, 0.717) is 11.1 Å².